The molecule has 0 aromatic carbocycles. The lowest BCUT2D eigenvalue weighted by Crippen LogP contribution is -2.50. The first-order valence-electron chi connectivity index (χ1n) is 9.93. The predicted octanol–water partition coefficient (Wildman–Crippen LogP) is 3.79. The number of aromatic nitrogens is 3. The van der Waals surface area contributed by atoms with Crippen LogP contribution in [0.2, 0.25) is 0 Å². The summed E-state index contributed by atoms with van der Waals surface area (Å²) in [7, 11) is 0. The summed E-state index contributed by atoms with van der Waals surface area (Å²) in [6.07, 6.45) is 2.80. The lowest BCUT2D eigenvalue weighted by Gasteiger charge is -2.36. The standard InChI is InChI=1S/C21H25N5OS2/c1-4-16-13-17-19(23-15(3)24-20(17)29-16)28-14(2)21(27)26-11-9-25(10-12-26)18-7-5-6-8-22-18/h5-8,13-14H,4,9-12H2,1-3H3. The third-order valence-corrected chi connectivity index (χ3v) is 7.33. The van der Waals surface area contributed by atoms with Crippen molar-refractivity contribution in [3.63, 3.8) is 0 Å². The molecule has 0 aliphatic carbocycles. The molecule has 1 aliphatic heterocycles. The fraction of sp³-hybridized carbons (Fsp3) is 0.429. The van der Waals surface area contributed by atoms with Gasteiger partial charge in [0.2, 0.25) is 5.91 Å². The third-order valence-electron chi connectivity index (χ3n) is 5.07. The topological polar surface area (TPSA) is 62.2 Å². The summed E-state index contributed by atoms with van der Waals surface area (Å²) in [4.78, 5) is 33.2. The summed E-state index contributed by atoms with van der Waals surface area (Å²) in [5.41, 5.74) is 0. The van der Waals surface area contributed by atoms with E-state index in [0.29, 0.717) is 0 Å². The molecule has 152 valence electrons. The van der Waals surface area contributed by atoms with Crippen molar-refractivity contribution in [1.29, 1.82) is 0 Å². The van der Waals surface area contributed by atoms with Crippen LogP contribution in [0.15, 0.2) is 35.5 Å². The molecule has 1 saturated heterocycles. The number of fused-ring (bicyclic) bond motifs is 1. The molecule has 0 spiro atoms. The van der Waals surface area contributed by atoms with Crippen molar-refractivity contribution in [3.8, 4) is 0 Å². The monoisotopic (exact) mass is 427 g/mol. The maximum absolute atomic E-state index is 13.1. The Kier molecular flexibility index (Phi) is 6.01. The normalized spacial score (nSPS) is 15.7. The highest BCUT2D eigenvalue weighted by molar-refractivity contribution is 8.00. The van der Waals surface area contributed by atoms with Gasteiger partial charge in [-0.3, -0.25) is 4.79 Å². The highest BCUT2D eigenvalue weighted by Crippen LogP contribution is 2.34. The van der Waals surface area contributed by atoms with Crippen LogP contribution in [0.3, 0.4) is 0 Å². The van der Waals surface area contributed by atoms with E-state index in [0.717, 1.165) is 59.5 Å². The summed E-state index contributed by atoms with van der Waals surface area (Å²) < 4.78 is 0. The molecular weight excluding hydrogens is 402 g/mol. The fourth-order valence-electron chi connectivity index (χ4n) is 3.48. The SMILES string of the molecule is CCc1cc2c(SC(C)C(=O)N3CCN(c4ccccn4)CC3)nc(C)nc2s1. The van der Waals surface area contributed by atoms with Crippen molar-refractivity contribution in [2.24, 2.45) is 0 Å². The molecule has 8 heteroatoms. The van der Waals surface area contributed by atoms with E-state index in [1.807, 2.05) is 43.1 Å². The third kappa shape index (κ3) is 4.38. The van der Waals surface area contributed by atoms with Crippen LogP contribution < -0.4 is 4.90 Å². The zero-order chi connectivity index (χ0) is 20.4. The van der Waals surface area contributed by atoms with Gasteiger partial charge in [-0.2, -0.15) is 0 Å². The van der Waals surface area contributed by atoms with Gasteiger partial charge in [-0.05, 0) is 38.5 Å². The predicted molar refractivity (Wildman–Crippen MR) is 120 cm³/mol. The first-order valence-corrected chi connectivity index (χ1v) is 11.6. The second-order valence-electron chi connectivity index (χ2n) is 7.12. The molecule has 0 N–H and O–H groups in total. The summed E-state index contributed by atoms with van der Waals surface area (Å²) in [6.45, 7) is 9.10. The van der Waals surface area contributed by atoms with Gasteiger partial charge >= 0.3 is 0 Å². The number of pyridine rings is 1. The van der Waals surface area contributed by atoms with Crippen LogP contribution in [0, 0.1) is 6.92 Å². The lowest BCUT2D eigenvalue weighted by molar-refractivity contribution is -0.130. The zero-order valence-corrected chi connectivity index (χ0v) is 18.6. The molecule has 3 aromatic heterocycles. The van der Waals surface area contributed by atoms with Gasteiger partial charge in [-0.1, -0.05) is 24.8 Å². The van der Waals surface area contributed by atoms with Crippen LogP contribution in [-0.4, -0.2) is 57.2 Å². The van der Waals surface area contributed by atoms with Gasteiger partial charge in [0.1, 0.15) is 21.5 Å². The van der Waals surface area contributed by atoms with E-state index in [4.69, 9.17) is 0 Å². The maximum Gasteiger partial charge on any atom is 0.235 e. The molecule has 29 heavy (non-hydrogen) atoms. The Labute approximate surface area is 179 Å². The molecule has 4 rings (SSSR count). The second-order valence-corrected chi connectivity index (χ2v) is 9.57. The van der Waals surface area contributed by atoms with E-state index in [9.17, 15) is 4.79 Å². The van der Waals surface area contributed by atoms with Crippen molar-refractivity contribution < 1.29 is 4.79 Å². The number of carbonyl (C=O) groups is 1. The molecule has 4 heterocycles. The Morgan fingerprint density at radius 3 is 2.72 bits per heavy atom. The number of piperazine rings is 1. The van der Waals surface area contributed by atoms with E-state index >= 15 is 0 Å². The minimum absolute atomic E-state index is 0.172. The minimum atomic E-state index is -0.182. The number of aryl methyl sites for hydroxylation is 2. The van der Waals surface area contributed by atoms with Crippen molar-refractivity contribution in [3.05, 3.63) is 41.2 Å². The van der Waals surface area contributed by atoms with Gasteiger partial charge in [-0.25, -0.2) is 15.0 Å². The maximum atomic E-state index is 13.1. The quantitative estimate of drug-likeness (QED) is 0.456. The van der Waals surface area contributed by atoms with Gasteiger partial charge in [0.05, 0.1) is 5.25 Å². The minimum Gasteiger partial charge on any atom is -0.353 e. The van der Waals surface area contributed by atoms with E-state index in [2.05, 4.69) is 32.8 Å². The highest BCUT2D eigenvalue weighted by Gasteiger charge is 2.27. The van der Waals surface area contributed by atoms with Crippen LogP contribution in [-0.2, 0) is 11.2 Å². The smallest absolute Gasteiger partial charge is 0.235 e. The Bertz CT molecular complexity index is 999. The molecule has 1 amide bonds. The first kappa shape index (κ1) is 20.1. The van der Waals surface area contributed by atoms with E-state index < -0.39 is 0 Å². The Hall–Kier alpha value is -2.19. The van der Waals surface area contributed by atoms with Crippen LogP contribution >= 0.6 is 23.1 Å². The highest BCUT2D eigenvalue weighted by atomic mass is 32.2. The van der Waals surface area contributed by atoms with Crippen molar-refractivity contribution >= 4 is 45.0 Å². The summed E-state index contributed by atoms with van der Waals surface area (Å²) in [6, 6.07) is 8.11. The molecule has 0 radical (unpaired) electrons. The molecule has 6 nitrogen and oxygen atoms in total. The molecule has 1 atom stereocenters. The number of thiophene rings is 1. The molecular formula is C21H25N5OS2. The van der Waals surface area contributed by atoms with Crippen LogP contribution in [0.4, 0.5) is 5.82 Å². The average Bonchev–Trinajstić information content (AvgIpc) is 3.17. The number of thioether (sulfide) groups is 1. The fourth-order valence-corrected chi connectivity index (χ4v) is 5.61. The molecule has 1 aliphatic rings. The molecule has 1 unspecified atom stereocenters. The van der Waals surface area contributed by atoms with Crippen LogP contribution in [0.5, 0.6) is 0 Å². The largest absolute Gasteiger partial charge is 0.353 e. The Morgan fingerprint density at radius 2 is 2.03 bits per heavy atom. The summed E-state index contributed by atoms with van der Waals surface area (Å²) in [5, 5.41) is 1.80. The molecule has 0 saturated carbocycles. The van der Waals surface area contributed by atoms with Gasteiger partial charge in [-0.15, -0.1) is 11.3 Å². The summed E-state index contributed by atoms with van der Waals surface area (Å²) in [5.74, 6) is 1.91. The number of hydrogen-bond donors (Lipinski definition) is 0. The van der Waals surface area contributed by atoms with Gasteiger partial charge in [0, 0.05) is 42.6 Å². The van der Waals surface area contributed by atoms with Crippen LogP contribution in [0.25, 0.3) is 10.2 Å². The van der Waals surface area contributed by atoms with Crippen molar-refractivity contribution in [1.82, 2.24) is 19.9 Å². The number of nitrogens with zero attached hydrogens (tertiary/aromatic N) is 5. The first-order chi connectivity index (χ1) is 14.0. The molecule has 3 aromatic rings. The van der Waals surface area contributed by atoms with Gasteiger partial charge in [0.25, 0.3) is 0 Å². The average molecular weight is 428 g/mol. The van der Waals surface area contributed by atoms with E-state index in [-0.39, 0.29) is 11.2 Å². The number of amides is 1. The zero-order valence-electron chi connectivity index (χ0n) is 17.0. The van der Waals surface area contributed by atoms with Gasteiger partial charge in [0.15, 0.2) is 0 Å². The van der Waals surface area contributed by atoms with E-state index in [1.54, 1.807) is 23.1 Å². The molecule has 1 fully saturated rings. The number of hydrogen-bond acceptors (Lipinski definition) is 7. The Morgan fingerprint density at radius 1 is 1.24 bits per heavy atom. The number of carbonyl (C=O) groups excluding carboxylic acids is 1. The van der Waals surface area contributed by atoms with Gasteiger partial charge < -0.3 is 9.80 Å². The van der Waals surface area contributed by atoms with Crippen LogP contribution in [0.1, 0.15) is 24.5 Å². The number of anilines is 1. The summed E-state index contributed by atoms with van der Waals surface area (Å²) >= 11 is 3.26. The van der Waals surface area contributed by atoms with Crippen molar-refractivity contribution in [2.75, 3.05) is 31.1 Å². The van der Waals surface area contributed by atoms with E-state index in [1.165, 1.54) is 4.88 Å². The second kappa shape index (κ2) is 8.67. The molecule has 0 bridgehead atoms. The van der Waals surface area contributed by atoms with Crippen molar-refractivity contribution in [2.45, 2.75) is 37.5 Å². The Balaban J connectivity index is 1.43. The number of rotatable bonds is 5. The lowest BCUT2D eigenvalue weighted by atomic mass is 10.2.